The number of ether oxygens (including phenoxy) is 3. The van der Waals surface area contributed by atoms with Crippen LogP contribution in [0.2, 0.25) is 0 Å². The summed E-state index contributed by atoms with van der Waals surface area (Å²) < 4.78 is 21.2. The third-order valence-electron chi connectivity index (χ3n) is 1.64. The van der Waals surface area contributed by atoms with Crippen LogP contribution >= 0.6 is 0 Å². The zero-order chi connectivity index (χ0) is 14.1. The number of hydrogen-bond acceptors (Lipinski definition) is 6. The SMILES string of the molecule is [2H]C(CCC(=O)O[C@@H](C)C(=O)OCC)OC(C)=O. The minimum absolute atomic E-state index is 0.0218. The van der Waals surface area contributed by atoms with Gasteiger partial charge in [-0.25, -0.2) is 4.79 Å². The van der Waals surface area contributed by atoms with Gasteiger partial charge < -0.3 is 14.2 Å². The van der Waals surface area contributed by atoms with Crippen LogP contribution in [0.5, 0.6) is 0 Å². The molecule has 0 aliphatic rings. The summed E-state index contributed by atoms with van der Waals surface area (Å²) >= 11 is 0. The average Bonchev–Trinajstić information content (AvgIpc) is 2.25. The molecule has 6 nitrogen and oxygen atoms in total. The maximum Gasteiger partial charge on any atom is 0.347 e. The number of rotatable bonds is 7. The normalized spacial score (nSPS) is 14.2. The van der Waals surface area contributed by atoms with Crippen LogP contribution in [0, 0.1) is 0 Å². The van der Waals surface area contributed by atoms with Gasteiger partial charge in [-0.2, -0.15) is 0 Å². The summed E-state index contributed by atoms with van der Waals surface area (Å²) in [4.78, 5) is 33.0. The Kier molecular flexibility index (Phi) is 6.78. The van der Waals surface area contributed by atoms with Crippen LogP contribution in [0.3, 0.4) is 0 Å². The summed E-state index contributed by atoms with van der Waals surface area (Å²) in [5.74, 6) is -1.84. The monoisotopic (exact) mass is 247 g/mol. The minimum Gasteiger partial charge on any atom is -0.466 e. The largest absolute Gasteiger partial charge is 0.466 e. The second-order valence-corrected chi connectivity index (χ2v) is 3.20. The van der Waals surface area contributed by atoms with E-state index in [4.69, 9.17) is 6.11 Å². The summed E-state index contributed by atoms with van der Waals surface area (Å²) in [6, 6.07) is 0. The topological polar surface area (TPSA) is 78.9 Å². The fourth-order valence-corrected chi connectivity index (χ4v) is 0.917. The number of hydrogen-bond donors (Lipinski definition) is 0. The van der Waals surface area contributed by atoms with E-state index in [2.05, 4.69) is 9.47 Å². The molecule has 98 valence electrons. The molecular formula is C11H18O6. The van der Waals surface area contributed by atoms with Crippen molar-refractivity contribution >= 4 is 17.9 Å². The molecule has 0 aliphatic heterocycles. The summed E-state index contributed by atoms with van der Waals surface area (Å²) in [6.45, 7) is 3.34. The third-order valence-corrected chi connectivity index (χ3v) is 1.64. The van der Waals surface area contributed by atoms with Crippen molar-refractivity contribution < 1.29 is 30.0 Å². The zero-order valence-electron chi connectivity index (χ0n) is 11.2. The fraction of sp³-hybridized carbons (Fsp3) is 0.727. The van der Waals surface area contributed by atoms with Crippen molar-refractivity contribution in [1.82, 2.24) is 0 Å². The van der Waals surface area contributed by atoms with Gasteiger partial charge in [-0.1, -0.05) is 0 Å². The smallest absolute Gasteiger partial charge is 0.347 e. The molecule has 0 aromatic rings. The van der Waals surface area contributed by atoms with Gasteiger partial charge in [0.05, 0.1) is 14.6 Å². The van der Waals surface area contributed by atoms with E-state index >= 15 is 0 Å². The predicted octanol–water partition coefficient (Wildman–Crippen LogP) is 0.824. The summed E-state index contributed by atoms with van der Waals surface area (Å²) in [5.41, 5.74) is 0. The molecule has 0 aromatic carbocycles. The van der Waals surface area contributed by atoms with Gasteiger partial charge in [0.25, 0.3) is 0 Å². The Morgan fingerprint density at radius 1 is 1.29 bits per heavy atom. The minimum atomic E-state index is -1.10. The Balaban J connectivity index is 3.90. The van der Waals surface area contributed by atoms with Crippen LogP contribution in [0.1, 0.15) is 35.0 Å². The lowest BCUT2D eigenvalue weighted by Crippen LogP contribution is -2.26. The van der Waals surface area contributed by atoms with Crippen LogP contribution in [0.4, 0.5) is 0 Å². The van der Waals surface area contributed by atoms with Crippen molar-refractivity contribution in [2.24, 2.45) is 0 Å². The molecule has 0 heterocycles. The van der Waals surface area contributed by atoms with Crippen LogP contribution < -0.4 is 0 Å². The van der Waals surface area contributed by atoms with Gasteiger partial charge in [-0.05, 0) is 20.3 Å². The van der Waals surface area contributed by atoms with Crippen LogP contribution in [-0.2, 0) is 28.6 Å². The van der Waals surface area contributed by atoms with Crippen LogP contribution in [0.25, 0.3) is 0 Å². The Morgan fingerprint density at radius 2 is 1.94 bits per heavy atom. The molecule has 0 bridgehead atoms. The van der Waals surface area contributed by atoms with Gasteiger partial charge in [0.1, 0.15) is 0 Å². The van der Waals surface area contributed by atoms with Gasteiger partial charge in [-0.15, -0.1) is 0 Å². The van der Waals surface area contributed by atoms with Crippen LogP contribution in [0.15, 0.2) is 0 Å². The van der Waals surface area contributed by atoms with E-state index in [0.29, 0.717) is 0 Å². The van der Waals surface area contributed by atoms with E-state index in [1.165, 1.54) is 13.8 Å². The average molecular weight is 247 g/mol. The van der Waals surface area contributed by atoms with Gasteiger partial charge in [-0.3, -0.25) is 9.59 Å². The molecule has 1 unspecified atom stereocenters. The first-order valence-electron chi connectivity index (χ1n) is 5.90. The van der Waals surface area contributed by atoms with Gasteiger partial charge in [0.2, 0.25) is 0 Å². The van der Waals surface area contributed by atoms with E-state index in [1.807, 2.05) is 0 Å². The molecule has 2 atom stereocenters. The molecular weight excluding hydrogens is 228 g/mol. The summed E-state index contributed by atoms with van der Waals surface area (Å²) in [6.07, 6.45) is -1.06. The molecule has 0 rings (SSSR count). The molecule has 17 heavy (non-hydrogen) atoms. The van der Waals surface area contributed by atoms with Crippen molar-refractivity contribution in [3.63, 3.8) is 0 Å². The number of carbonyl (C=O) groups is 3. The summed E-state index contributed by atoms with van der Waals surface area (Å²) in [7, 11) is 0. The lowest BCUT2D eigenvalue weighted by Gasteiger charge is -2.11. The Bertz CT molecular complexity index is 304. The lowest BCUT2D eigenvalue weighted by molar-refractivity contribution is -0.166. The van der Waals surface area contributed by atoms with E-state index in [1.54, 1.807) is 6.92 Å². The first-order valence-corrected chi connectivity index (χ1v) is 5.32. The van der Waals surface area contributed by atoms with Crippen molar-refractivity contribution in [3.05, 3.63) is 0 Å². The molecule has 0 aromatic heterocycles. The predicted molar refractivity (Wildman–Crippen MR) is 58.1 cm³/mol. The standard InChI is InChI=1S/C11H18O6/c1-4-15-11(14)8(2)17-10(13)6-5-7-16-9(3)12/h8H,4-7H2,1-3H3/t8-/m0/s1/i7D/t7?,8-. The molecule has 0 fully saturated rings. The summed E-state index contributed by atoms with van der Waals surface area (Å²) in [5, 5.41) is 0. The Morgan fingerprint density at radius 3 is 2.47 bits per heavy atom. The second kappa shape index (κ2) is 8.55. The molecule has 0 spiro atoms. The molecule has 0 saturated carbocycles. The first kappa shape index (κ1) is 13.5. The first-order chi connectivity index (χ1) is 8.36. The van der Waals surface area contributed by atoms with E-state index in [0.717, 1.165) is 0 Å². The molecule has 0 N–H and O–H groups in total. The zero-order valence-corrected chi connectivity index (χ0v) is 10.2. The highest BCUT2D eigenvalue weighted by Crippen LogP contribution is 2.00. The van der Waals surface area contributed by atoms with Crippen molar-refractivity contribution in [3.8, 4) is 0 Å². The molecule has 0 aliphatic carbocycles. The van der Waals surface area contributed by atoms with Crippen molar-refractivity contribution in [2.75, 3.05) is 13.2 Å². The quantitative estimate of drug-likeness (QED) is 0.489. The van der Waals surface area contributed by atoms with E-state index in [-0.39, 0.29) is 19.4 Å². The molecule has 0 saturated heterocycles. The van der Waals surface area contributed by atoms with Crippen molar-refractivity contribution in [2.45, 2.75) is 39.7 Å². The number of carbonyl (C=O) groups excluding carboxylic acids is 3. The van der Waals surface area contributed by atoms with Gasteiger partial charge in [0.15, 0.2) is 6.10 Å². The van der Waals surface area contributed by atoms with Gasteiger partial charge in [0, 0.05) is 13.3 Å². The highest BCUT2D eigenvalue weighted by Gasteiger charge is 2.18. The highest BCUT2D eigenvalue weighted by atomic mass is 16.6. The fourth-order valence-electron chi connectivity index (χ4n) is 0.917. The third kappa shape index (κ3) is 8.24. The highest BCUT2D eigenvalue weighted by molar-refractivity contribution is 5.78. The van der Waals surface area contributed by atoms with Gasteiger partial charge >= 0.3 is 17.9 Å². The second-order valence-electron chi connectivity index (χ2n) is 3.20. The van der Waals surface area contributed by atoms with E-state index < -0.39 is 30.6 Å². The Hall–Kier alpha value is -1.59. The maximum absolute atomic E-state index is 11.3. The van der Waals surface area contributed by atoms with Crippen molar-refractivity contribution in [1.29, 1.82) is 0 Å². The Labute approximate surface area is 102 Å². The molecule has 6 heteroatoms. The molecule has 0 radical (unpaired) electrons. The lowest BCUT2D eigenvalue weighted by atomic mass is 10.3. The maximum atomic E-state index is 11.3. The molecule has 0 amide bonds. The van der Waals surface area contributed by atoms with Crippen LogP contribution in [-0.4, -0.2) is 37.2 Å². The number of esters is 3. The van der Waals surface area contributed by atoms with E-state index in [9.17, 15) is 14.4 Å².